The molecule has 0 spiro atoms. The Kier molecular flexibility index (Phi) is 5.97. The SMILES string of the molecule is CCCNC(=O)CN(C)Cc1cccc(C#N)c1F. The molecule has 19 heavy (non-hydrogen) atoms. The highest BCUT2D eigenvalue weighted by Crippen LogP contribution is 2.13. The fraction of sp³-hybridized carbons (Fsp3) is 0.429. The molecule has 1 amide bonds. The minimum absolute atomic E-state index is 0.0290. The highest BCUT2D eigenvalue weighted by molar-refractivity contribution is 5.77. The maximum atomic E-state index is 13.8. The first-order valence-electron chi connectivity index (χ1n) is 6.21. The molecule has 0 aliphatic rings. The number of halogens is 1. The maximum Gasteiger partial charge on any atom is 0.234 e. The fourth-order valence-electron chi connectivity index (χ4n) is 1.70. The van der Waals surface area contributed by atoms with Gasteiger partial charge in [-0.25, -0.2) is 4.39 Å². The van der Waals surface area contributed by atoms with Gasteiger partial charge in [-0.2, -0.15) is 5.26 Å². The molecule has 0 saturated carbocycles. The zero-order valence-corrected chi connectivity index (χ0v) is 11.2. The Labute approximate surface area is 112 Å². The van der Waals surface area contributed by atoms with Crippen molar-refractivity contribution in [1.29, 1.82) is 5.26 Å². The van der Waals surface area contributed by atoms with Crippen molar-refractivity contribution >= 4 is 5.91 Å². The van der Waals surface area contributed by atoms with Gasteiger partial charge in [0.15, 0.2) is 0 Å². The van der Waals surface area contributed by atoms with E-state index in [2.05, 4.69) is 5.32 Å². The molecule has 102 valence electrons. The Morgan fingerprint density at radius 3 is 2.89 bits per heavy atom. The third-order valence-corrected chi connectivity index (χ3v) is 2.63. The normalized spacial score (nSPS) is 10.3. The van der Waals surface area contributed by atoms with Gasteiger partial charge in [0, 0.05) is 18.7 Å². The molecule has 1 N–H and O–H groups in total. The molecule has 0 saturated heterocycles. The van der Waals surface area contributed by atoms with E-state index in [9.17, 15) is 9.18 Å². The molecule has 0 atom stereocenters. The van der Waals surface area contributed by atoms with Crippen LogP contribution >= 0.6 is 0 Å². The van der Waals surface area contributed by atoms with Crippen molar-refractivity contribution in [2.24, 2.45) is 0 Å². The summed E-state index contributed by atoms with van der Waals surface area (Å²) in [6.45, 7) is 3.12. The number of nitriles is 1. The molecular formula is C14H18FN3O. The lowest BCUT2D eigenvalue weighted by Gasteiger charge is -2.16. The van der Waals surface area contributed by atoms with E-state index in [0.29, 0.717) is 18.7 Å². The highest BCUT2D eigenvalue weighted by Gasteiger charge is 2.11. The molecule has 0 aliphatic heterocycles. The monoisotopic (exact) mass is 263 g/mol. The minimum Gasteiger partial charge on any atom is -0.355 e. The van der Waals surface area contributed by atoms with Crippen molar-refractivity contribution < 1.29 is 9.18 Å². The number of rotatable bonds is 6. The van der Waals surface area contributed by atoms with Crippen LogP contribution in [0.5, 0.6) is 0 Å². The predicted octanol–water partition coefficient (Wildman–Crippen LogP) is 1.66. The van der Waals surface area contributed by atoms with Gasteiger partial charge in [0.1, 0.15) is 11.9 Å². The lowest BCUT2D eigenvalue weighted by atomic mass is 10.1. The van der Waals surface area contributed by atoms with E-state index < -0.39 is 5.82 Å². The zero-order chi connectivity index (χ0) is 14.3. The summed E-state index contributed by atoms with van der Waals surface area (Å²) in [6, 6.07) is 6.50. The van der Waals surface area contributed by atoms with Gasteiger partial charge >= 0.3 is 0 Å². The predicted molar refractivity (Wildman–Crippen MR) is 70.7 cm³/mol. The van der Waals surface area contributed by atoms with E-state index in [1.807, 2.05) is 6.92 Å². The third-order valence-electron chi connectivity index (χ3n) is 2.63. The second kappa shape index (κ2) is 7.49. The van der Waals surface area contributed by atoms with Crippen molar-refractivity contribution in [2.45, 2.75) is 19.9 Å². The number of nitrogens with one attached hydrogen (secondary N) is 1. The maximum absolute atomic E-state index is 13.8. The van der Waals surface area contributed by atoms with Crippen LogP contribution in [0.1, 0.15) is 24.5 Å². The Hall–Kier alpha value is -1.93. The van der Waals surface area contributed by atoms with E-state index in [-0.39, 0.29) is 18.0 Å². The average molecular weight is 263 g/mol. The van der Waals surface area contributed by atoms with Crippen LogP contribution in [0, 0.1) is 17.1 Å². The van der Waals surface area contributed by atoms with E-state index in [0.717, 1.165) is 6.42 Å². The van der Waals surface area contributed by atoms with Crippen molar-refractivity contribution in [2.75, 3.05) is 20.1 Å². The molecule has 4 nitrogen and oxygen atoms in total. The van der Waals surface area contributed by atoms with Gasteiger partial charge in [0.2, 0.25) is 5.91 Å². The summed E-state index contributed by atoms with van der Waals surface area (Å²) >= 11 is 0. The molecule has 0 radical (unpaired) electrons. The molecule has 5 heteroatoms. The van der Waals surface area contributed by atoms with Crippen LogP contribution in [0.2, 0.25) is 0 Å². The number of benzene rings is 1. The molecule has 0 bridgehead atoms. The van der Waals surface area contributed by atoms with E-state index >= 15 is 0 Å². The molecule has 0 aromatic heterocycles. The van der Waals surface area contributed by atoms with Crippen LogP contribution in [0.4, 0.5) is 4.39 Å². The van der Waals surface area contributed by atoms with E-state index in [1.165, 1.54) is 6.07 Å². The second-order valence-corrected chi connectivity index (χ2v) is 4.41. The van der Waals surface area contributed by atoms with Crippen LogP contribution < -0.4 is 5.32 Å². The molecule has 1 aromatic carbocycles. The Balaban J connectivity index is 2.60. The van der Waals surface area contributed by atoms with Gasteiger partial charge in [0.05, 0.1) is 12.1 Å². The first-order valence-corrected chi connectivity index (χ1v) is 6.21. The summed E-state index contributed by atoms with van der Waals surface area (Å²) in [7, 11) is 1.74. The molecule has 1 aromatic rings. The summed E-state index contributed by atoms with van der Waals surface area (Å²) in [5.74, 6) is -0.591. The van der Waals surface area contributed by atoms with E-state index in [1.54, 1.807) is 30.1 Å². The number of hydrogen-bond donors (Lipinski definition) is 1. The minimum atomic E-state index is -0.509. The molecule has 0 unspecified atom stereocenters. The van der Waals surface area contributed by atoms with Crippen molar-refractivity contribution in [3.63, 3.8) is 0 Å². The van der Waals surface area contributed by atoms with Gasteiger partial charge in [-0.15, -0.1) is 0 Å². The van der Waals surface area contributed by atoms with Gasteiger partial charge < -0.3 is 5.32 Å². The smallest absolute Gasteiger partial charge is 0.234 e. The lowest BCUT2D eigenvalue weighted by molar-refractivity contribution is -0.122. The largest absolute Gasteiger partial charge is 0.355 e. The van der Waals surface area contributed by atoms with Gasteiger partial charge in [0.25, 0.3) is 0 Å². The number of hydrogen-bond acceptors (Lipinski definition) is 3. The standard InChI is InChI=1S/C14H18FN3O/c1-3-7-17-13(19)10-18(2)9-12-6-4-5-11(8-16)14(12)15/h4-6H,3,7,9-10H2,1-2H3,(H,17,19). The van der Waals surface area contributed by atoms with Crippen molar-refractivity contribution in [1.82, 2.24) is 10.2 Å². The molecular weight excluding hydrogens is 245 g/mol. The van der Waals surface area contributed by atoms with Crippen LogP contribution in [-0.2, 0) is 11.3 Å². The van der Waals surface area contributed by atoms with Gasteiger partial charge in [-0.1, -0.05) is 19.1 Å². The third kappa shape index (κ3) is 4.68. The van der Waals surface area contributed by atoms with Crippen LogP contribution in [0.25, 0.3) is 0 Å². The second-order valence-electron chi connectivity index (χ2n) is 4.41. The number of nitrogens with zero attached hydrogens (tertiary/aromatic N) is 2. The Morgan fingerprint density at radius 2 is 2.26 bits per heavy atom. The van der Waals surface area contributed by atoms with Gasteiger partial charge in [-0.05, 0) is 19.5 Å². The first kappa shape index (κ1) is 15.1. The topological polar surface area (TPSA) is 56.1 Å². The highest BCUT2D eigenvalue weighted by atomic mass is 19.1. The van der Waals surface area contributed by atoms with Crippen molar-refractivity contribution in [3.05, 3.63) is 35.1 Å². The summed E-state index contributed by atoms with van der Waals surface area (Å²) in [4.78, 5) is 13.2. The van der Waals surface area contributed by atoms with Crippen molar-refractivity contribution in [3.8, 4) is 6.07 Å². The number of carbonyl (C=O) groups is 1. The Morgan fingerprint density at radius 1 is 1.53 bits per heavy atom. The number of likely N-dealkylation sites (N-methyl/N-ethyl adjacent to an activating group) is 1. The van der Waals surface area contributed by atoms with E-state index in [4.69, 9.17) is 5.26 Å². The number of amides is 1. The summed E-state index contributed by atoms with van der Waals surface area (Å²) < 4.78 is 13.8. The molecule has 0 heterocycles. The average Bonchev–Trinajstić information content (AvgIpc) is 2.38. The molecule has 0 fully saturated rings. The summed E-state index contributed by atoms with van der Waals surface area (Å²) in [6.07, 6.45) is 0.883. The summed E-state index contributed by atoms with van der Waals surface area (Å²) in [5, 5.41) is 11.5. The zero-order valence-electron chi connectivity index (χ0n) is 11.2. The molecule has 0 aliphatic carbocycles. The van der Waals surface area contributed by atoms with Crippen LogP contribution in [-0.4, -0.2) is 30.9 Å². The lowest BCUT2D eigenvalue weighted by Crippen LogP contribution is -2.35. The first-order chi connectivity index (χ1) is 9.08. The molecule has 1 rings (SSSR count). The number of carbonyl (C=O) groups excluding carboxylic acids is 1. The summed E-state index contributed by atoms with van der Waals surface area (Å²) in [5.41, 5.74) is 0.450. The van der Waals surface area contributed by atoms with Crippen LogP contribution in [0.3, 0.4) is 0 Å². The van der Waals surface area contributed by atoms with Gasteiger partial charge in [-0.3, -0.25) is 9.69 Å². The van der Waals surface area contributed by atoms with Crippen LogP contribution in [0.15, 0.2) is 18.2 Å². The Bertz CT molecular complexity index is 482. The fourth-order valence-corrected chi connectivity index (χ4v) is 1.70. The quantitative estimate of drug-likeness (QED) is 0.849.